The van der Waals surface area contributed by atoms with Gasteiger partial charge in [-0.3, -0.25) is 19.7 Å². The van der Waals surface area contributed by atoms with Crippen LogP contribution >= 0.6 is 0 Å². The first-order chi connectivity index (χ1) is 21.5. The average Bonchev–Trinajstić information content (AvgIpc) is 3.07. The van der Waals surface area contributed by atoms with Crippen LogP contribution in [0.3, 0.4) is 0 Å². The minimum Gasteiger partial charge on any atom is -0.392 e. The number of carbonyl (C=O) groups excluding carboxylic acids is 2. The predicted octanol–water partition coefficient (Wildman–Crippen LogP) is 3.34. The molecular weight excluding hydrogens is 564 g/mol. The molecule has 2 amide bonds. The Morgan fingerprint density at radius 2 is 1.61 bits per heavy atom. The van der Waals surface area contributed by atoms with Gasteiger partial charge in [0.2, 0.25) is 17.8 Å². The molecule has 3 aromatic rings. The molecule has 2 fully saturated rings. The molecule has 4 N–H and O–H groups in total. The van der Waals surface area contributed by atoms with Gasteiger partial charge < -0.3 is 24.8 Å². The van der Waals surface area contributed by atoms with Gasteiger partial charge in [0, 0.05) is 75.6 Å². The van der Waals surface area contributed by atoms with Crippen molar-refractivity contribution in [2.45, 2.75) is 57.2 Å². The van der Waals surface area contributed by atoms with Gasteiger partial charge in [-0.05, 0) is 42.2 Å². The highest BCUT2D eigenvalue weighted by atomic mass is 16.7. The molecule has 0 aliphatic carbocycles. The molecule has 234 valence electrons. The maximum atomic E-state index is 12.5. The predicted molar refractivity (Wildman–Crippen MR) is 163 cm³/mol. The summed E-state index contributed by atoms with van der Waals surface area (Å²) in [4.78, 5) is 37.1. The maximum absolute atomic E-state index is 12.5. The van der Waals surface area contributed by atoms with Crippen molar-refractivity contribution in [2.24, 2.45) is 0 Å². The van der Waals surface area contributed by atoms with Gasteiger partial charge in [0.1, 0.15) is 0 Å². The summed E-state index contributed by atoms with van der Waals surface area (Å²) >= 11 is 0. The number of nitrogens with zero attached hydrogens (tertiary/aromatic N) is 4. The molecule has 0 saturated carbocycles. The number of piperazine rings is 1. The Kier molecular flexibility index (Phi) is 11.2. The van der Waals surface area contributed by atoms with E-state index in [9.17, 15) is 14.7 Å². The summed E-state index contributed by atoms with van der Waals surface area (Å²) in [6, 6.07) is 17.1. The van der Waals surface area contributed by atoms with Crippen molar-refractivity contribution >= 4 is 23.5 Å². The van der Waals surface area contributed by atoms with Crippen LogP contribution in [0.4, 0.5) is 11.6 Å². The molecule has 1 aromatic heterocycles. The molecular formula is C32H40N6O6. The van der Waals surface area contributed by atoms with Crippen LogP contribution in [0.15, 0.2) is 67.0 Å². The number of anilines is 2. The normalized spacial score (nSPS) is 20.7. The highest BCUT2D eigenvalue weighted by Gasteiger charge is 2.34. The van der Waals surface area contributed by atoms with E-state index in [0.717, 1.165) is 55.4 Å². The zero-order valence-electron chi connectivity index (χ0n) is 24.7. The van der Waals surface area contributed by atoms with Crippen molar-refractivity contribution in [3.8, 4) is 0 Å². The van der Waals surface area contributed by atoms with E-state index >= 15 is 0 Å². The Labute approximate surface area is 257 Å². The summed E-state index contributed by atoms with van der Waals surface area (Å²) in [6.45, 7) is 4.13. The molecule has 3 atom stereocenters. The molecule has 5 rings (SSSR count). The molecule has 3 unspecified atom stereocenters. The zero-order valence-corrected chi connectivity index (χ0v) is 24.7. The number of carbonyl (C=O) groups is 2. The topological polar surface area (TPSA) is 149 Å². The molecule has 2 saturated heterocycles. The van der Waals surface area contributed by atoms with Crippen LogP contribution in [-0.2, 0) is 25.7 Å². The molecule has 0 spiro atoms. The lowest BCUT2D eigenvalue weighted by Crippen LogP contribution is -2.50. The minimum absolute atomic E-state index is 0.0172. The van der Waals surface area contributed by atoms with Crippen molar-refractivity contribution < 1.29 is 29.4 Å². The third-order valence-corrected chi connectivity index (χ3v) is 7.91. The average molecular weight is 605 g/mol. The van der Waals surface area contributed by atoms with Gasteiger partial charge in [-0.15, -0.1) is 0 Å². The van der Waals surface area contributed by atoms with E-state index in [0.29, 0.717) is 24.9 Å². The standard InChI is InChI=1S/C32H40N6O6/c39-22-23-9-11-24(12-10-23)28-20-27(21-37-15-17-38(18-16-37)32-33-13-4-14-34-32)43-31(44-28)25-5-3-6-26(19-25)35-29(40)7-1-2-8-30(41)36-42/h3-6,9-14,19,27-28,31,39,42H,1-2,7-8,15-18,20-22H2,(H,35,40)(H,36,41). The molecule has 12 heteroatoms. The monoisotopic (exact) mass is 604 g/mol. The quantitative estimate of drug-likeness (QED) is 0.138. The van der Waals surface area contributed by atoms with Gasteiger partial charge in [0.15, 0.2) is 6.29 Å². The van der Waals surface area contributed by atoms with E-state index in [2.05, 4.69) is 25.1 Å². The lowest BCUT2D eigenvalue weighted by atomic mass is 9.99. The molecule has 0 radical (unpaired) electrons. The first-order valence-corrected chi connectivity index (χ1v) is 15.1. The fourth-order valence-electron chi connectivity index (χ4n) is 5.52. The Hall–Kier alpha value is -3.94. The lowest BCUT2D eigenvalue weighted by molar-refractivity contribution is -0.253. The third-order valence-electron chi connectivity index (χ3n) is 7.91. The fourth-order valence-corrected chi connectivity index (χ4v) is 5.52. The number of aromatic nitrogens is 2. The summed E-state index contributed by atoms with van der Waals surface area (Å²) in [5.74, 6) is 0.134. The van der Waals surface area contributed by atoms with E-state index in [-0.39, 0.29) is 37.6 Å². The fraction of sp³-hybridized carbons (Fsp3) is 0.438. The van der Waals surface area contributed by atoms with Crippen LogP contribution < -0.4 is 15.7 Å². The molecule has 44 heavy (non-hydrogen) atoms. The van der Waals surface area contributed by atoms with Crippen LogP contribution in [0, 0.1) is 0 Å². The highest BCUT2D eigenvalue weighted by Crippen LogP contribution is 2.38. The van der Waals surface area contributed by atoms with Crippen LogP contribution in [-0.4, -0.2) is 75.8 Å². The molecule has 3 heterocycles. The van der Waals surface area contributed by atoms with Gasteiger partial charge in [-0.25, -0.2) is 15.4 Å². The summed E-state index contributed by atoms with van der Waals surface area (Å²) < 4.78 is 13.0. The van der Waals surface area contributed by atoms with Crippen LogP contribution in [0.1, 0.15) is 61.2 Å². The third kappa shape index (κ3) is 8.80. The second-order valence-electron chi connectivity index (χ2n) is 11.1. The Bertz CT molecular complexity index is 1350. The Morgan fingerprint density at radius 1 is 0.886 bits per heavy atom. The summed E-state index contributed by atoms with van der Waals surface area (Å²) in [6.07, 6.45) is 4.73. The molecule has 12 nitrogen and oxygen atoms in total. The number of ether oxygens (including phenoxy) is 2. The number of aliphatic hydroxyl groups is 1. The number of hydrogen-bond acceptors (Lipinski definition) is 10. The van der Waals surface area contributed by atoms with Gasteiger partial charge in [0.25, 0.3) is 0 Å². The van der Waals surface area contributed by atoms with Gasteiger partial charge in [-0.2, -0.15) is 0 Å². The first kappa shape index (κ1) is 31.5. The van der Waals surface area contributed by atoms with Crippen molar-refractivity contribution in [2.75, 3.05) is 42.9 Å². The second-order valence-corrected chi connectivity index (χ2v) is 11.1. The van der Waals surface area contributed by atoms with Crippen molar-refractivity contribution in [3.63, 3.8) is 0 Å². The molecule has 2 aliphatic rings. The number of amides is 2. The van der Waals surface area contributed by atoms with Gasteiger partial charge in [-0.1, -0.05) is 36.4 Å². The van der Waals surface area contributed by atoms with E-state index < -0.39 is 12.2 Å². The number of rotatable bonds is 12. The van der Waals surface area contributed by atoms with Gasteiger partial charge >= 0.3 is 0 Å². The SMILES string of the molecule is O=C(CCCCC(=O)Nc1cccc(C2OC(CN3CCN(c4ncccn4)CC3)CC(c3ccc(CO)cc3)O2)c1)NO. The number of unbranched alkanes of at least 4 members (excludes halogenated alkanes) is 1. The van der Waals surface area contributed by atoms with E-state index in [4.69, 9.17) is 14.7 Å². The second kappa shape index (κ2) is 15.7. The van der Waals surface area contributed by atoms with Crippen molar-refractivity contribution in [3.05, 3.63) is 83.7 Å². The zero-order chi connectivity index (χ0) is 30.7. The summed E-state index contributed by atoms with van der Waals surface area (Å²) in [7, 11) is 0. The summed E-state index contributed by atoms with van der Waals surface area (Å²) in [5, 5.41) is 21.0. The van der Waals surface area contributed by atoms with E-state index in [1.165, 1.54) is 0 Å². The molecule has 0 bridgehead atoms. The minimum atomic E-state index is -0.635. The highest BCUT2D eigenvalue weighted by molar-refractivity contribution is 5.90. The van der Waals surface area contributed by atoms with Crippen LogP contribution in [0.2, 0.25) is 0 Å². The summed E-state index contributed by atoms with van der Waals surface area (Å²) in [5.41, 5.74) is 4.90. The molecule has 2 aromatic carbocycles. The lowest BCUT2D eigenvalue weighted by Gasteiger charge is -2.40. The number of hydrogen-bond donors (Lipinski definition) is 4. The first-order valence-electron chi connectivity index (χ1n) is 15.1. The van der Waals surface area contributed by atoms with Gasteiger partial charge in [0.05, 0.1) is 18.8 Å². The number of hydroxylamine groups is 1. The number of aliphatic hydroxyl groups excluding tert-OH is 1. The molecule has 2 aliphatic heterocycles. The van der Waals surface area contributed by atoms with E-state index in [1.54, 1.807) is 17.9 Å². The smallest absolute Gasteiger partial charge is 0.243 e. The van der Waals surface area contributed by atoms with E-state index in [1.807, 2.05) is 54.6 Å². The Balaban J connectivity index is 1.23. The van der Waals surface area contributed by atoms with Crippen molar-refractivity contribution in [1.82, 2.24) is 20.3 Å². The van der Waals surface area contributed by atoms with Crippen LogP contribution in [0.5, 0.6) is 0 Å². The Morgan fingerprint density at radius 3 is 2.32 bits per heavy atom. The number of benzene rings is 2. The number of nitrogens with one attached hydrogen (secondary N) is 2. The largest absolute Gasteiger partial charge is 0.392 e. The van der Waals surface area contributed by atoms with Crippen LogP contribution in [0.25, 0.3) is 0 Å². The maximum Gasteiger partial charge on any atom is 0.243 e. The van der Waals surface area contributed by atoms with Crippen molar-refractivity contribution in [1.29, 1.82) is 0 Å².